The first kappa shape index (κ1) is 17.3. The van der Waals surface area contributed by atoms with Gasteiger partial charge in [0.15, 0.2) is 5.82 Å². The molecular formula is C22H21N5S. The molecule has 0 N–H and O–H groups in total. The van der Waals surface area contributed by atoms with Crippen molar-refractivity contribution < 1.29 is 0 Å². The van der Waals surface area contributed by atoms with Crippen LogP contribution in [-0.2, 0) is 0 Å². The number of benzene rings is 1. The molecule has 0 saturated carbocycles. The maximum absolute atomic E-state index is 4.66. The van der Waals surface area contributed by atoms with E-state index in [-0.39, 0.29) is 0 Å². The predicted molar refractivity (Wildman–Crippen MR) is 116 cm³/mol. The highest BCUT2D eigenvalue weighted by atomic mass is 32.1. The number of hydrogen-bond donors (Lipinski definition) is 0. The van der Waals surface area contributed by atoms with E-state index in [0.717, 1.165) is 59.2 Å². The summed E-state index contributed by atoms with van der Waals surface area (Å²) in [5, 5.41) is 13.8. The van der Waals surface area contributed by atoms with Gasteiger partial charge in [0.2, 0.25) is 0 Å². The number of thiophene rings is 1. The molecule has 0 atom stereocenters. The third-order valence-corrected chi connectivity index (χ3v) is 6.20. The topological polar surface area (TPSA) is 45.2 Å². The van der Waals surface area contributed by atoms with Crippen LogP contribution in [0.2, 0.25) is 0 Å². The predicted octanol–water partition coefficient (Wildman–Crippen LogP) is 4.17. The Kier molecular flexibility index (Phi) is 4.50. The zero-order valence-corrected chi connectivity index (χ0v) is 16.6. The highest BCUT2D eigenvalue weighted by Crippen LogP contribution is 2.36. The van der Waals surface area contributed by atoms with E-state index in [1.165, 1.54) is 5.39 Å². The van der Waals surface area contributed by atoms with Crippen molar-refractivity contribution in [1.82, 2.24) is 20.1 Å². The summed E-state index contributed by atoms with van der Waals surface area (Å²) < 4.78 is 0. The Balaban J connectivity index is 1.57. The zero-order valence-electron chi connectivity index (χ0n) is 15.7. The molecule has 5 nitrogen and oxygen atoms in total. The molecule has 5 rings (SSSR count). The van der Waals surface area contributed by atoms with Gasteiger partial charge in [-0.15, -0.1) is 21.5 Å². The number of anilines is 1. The first-order valence-corrected chi connectivity index (χ1v) is 10.4. The van der Waals surface area contributed by atoms with Crippen LogP contribution < -0.4 is 4.90 Å². The lowest BCUT2D eigenvalue weighted by molar-refractivity contribution is 0.312. The van der Waals surface area contributed by atoms with E-state index >= 15 is 0 Å². The van der Waals surface area contributed by atoms with Gasteiger partial charge in [-0.25, -0.2) is 0 Å². The summed E-state index contributed by atoms with van der Waals surface area (Å²) in [7, 11) is 2.17. The number of rotatable bonds is 3. The van der Waals surface area contributed by atoms with E-state index in [9.17, 15) is 0 Å². The Bertz CT molecular complexity index is 1100. The van der Waals surface area contributed by atoms with E-state index in [1.807, 2.05) is 24.4 Å². The average molecular weight is 388 g/mol. The summed E-state index contributed by atoms with van der Waals surface area (Å²) in [6.07, 6.45) is 1.83. The van der Waals surface area contributed by atoms with Gasteiger partial charge < -0.3 is 9.80 Å². The summed E-state index contributed by atoms with van der Waals surface area (Å²) in [4.78, 5) is 10.3. The molecule has 0 amide bonds. The normalized spacial score (nSPS) is 15.2. The number of piperazine rings is 1. The van der Waals surface area contributed by atoms with Gasteiger partial charge in [-0.3, -0.25) is 4.98 Å². The molecule has 6 heteroatoms. The van der Waals surface area contributed by atoms with Crippen LogP contribution in [0.5, 0.6) is 0 Å². The van der Waals surface area contributed by atoms with Gasteiger partial charge in [-0.2, -0.15) is 0 Å². The second kappa shape index (κ2) is 7.30. The second-order valence-corrected chi connectivity index (χ2v) is 8.03. The third-order valence-electron chi connectivity index (χ3n) is 5.26. The number of aromatic nitrogens is 3. The fourth-order valence-electron chi connectivity index (χ4n) is 3.65. The van der Waals surface area contributed by atoms with E-state index in [4.69, 9.17) is 0 Å². The van der Waals surface area contributed by atoms with Crippen molar-refractivity contribution in [3.05, 3.63) is 60.1 Å². The largest absolute Gasteiger partial charge is 0.352 e. The molecule has 1 aliphatic rings. The van der Waals surface area contributed by atoms with Crippen LogP contribution in [0, 0.1) is 0 Å². The molecule has 1 aliphatic heterocycles. The molecule has 0 radical (unpaired) electrons. The quantitative estimate of drug-likeness (QED) is 0.528. The molecule has 0 bridgehead atoms. The number of pyridine rings is 1. The Morgan fingerprint density at radius 3 is 2.46 bits per heavy atom. The van der Waals surface area contributed by atoms with Crippen LogP contribution in [0.3, 0.4) is 0 Å². The van der Waals surface area contributed by atoms with E-state index in [1.54, 1.807) is 11.3 Å². The molecule has 140 valence electrons. The molecule has 0 spiro atoms. The number of fused-ring (bicyclic) bond motifs is 1. The van der Waals surface area contributed by atoms with Crippen LogP contribution in [-0.4, -0.2) is 53.3 Å². The molecule has 1 saturated heterocycles. The fraction of sp³-hybridized carbons (Fsp3) is 0.227. The summed E-state index contributed by atoms with van der Waals surface area (Å²) in [5.41, 5.74) is 3.05. The van der Waals surface area contributed by atoms with Crippen molar-refractivity contribution in [2.45, 2.75) is 0 Å². The molecule has 0 aliphatic carbocycles. The van der Waals surface area contributed by atoms with Crippen LogP contribution in [0.25, 0.3) is 32.6 Å². The molecule has 4 aromatic rings. The van der Waals surface area contributed by atoms with Crippen LogP contribution >= 0.6 is 11.3 Å². The first-order chi connectivity index (χ1) is 13.8. The Labute approximate surface area is 168 Å². The highest BCUT2D eigenvalue weighted by Gasteiger charge is 2.20. The monoisotopic (exact) mass is 387 g/mol. The van der Waals surface area contributed by atoms with Gasteiger partial charge in [0.1, 0.15) is 5.69 Å². The molecular weight excluding hydrogens is 366 g/mol. The molecule has 1 aromatic carbocycles. The van der Waals surface area contributed by atoms with E-state index in [0.29, 0.717) is 0 Å². The lowest BCUT2D eigenvalue weighted by atomic mass is 10.1. The molecule has 4 heterocycles. The highest BCUT2D eigenvalue weighted by molar-refractivity contribution is 7.14. The van der Waals surface area contributed by atoms with Crippen LogP contribution in [0.15, 0.2) is 60.1 Å². The van der Waals surface area contributed by atoms with Crippen LogP contribution in [0.4, 0.5) is 5.82 Å². The van der Waals surface area contributed by atoms with Gasteiger partial charge >= 0.3 is 0 Å². The summed E-state index contributed by atoms with van der Waals surface area (Å²) >= 11 is 1.69. The molecule has 3 aromatic heterocycles. The summed E-state index contributed by atoms with van der Waals surface area (Å²) in [6, 6.07) is 16.6. The third kappa shape index (κ3) is 3.15. The number of likely N-dealkylation sites (N-methyl/N-ethyl adjacent to an activating group) is 1. The first-order valence-electron chi connectivity index (χ1n) is 9.49. The van der Waals surface area contributed by atoms with Crippen molar-refractivity contribution in [2.75, 3.05) is 38.1 Å². The minimum Gasteiger partial charge on any atom is -0.352 e. The average Bonchev–Trinajstić information content (AvgIpc) is 3.24. The van der Waals surface area contributed by atoms with Crippen LogP contribution in [0.1, 0.15) is 0 Å². The Morgan fingerprint density at radius 1 is 0.893 bits per heavy atom. The van der Waals surface area contributed by atoms with Gasteiger partial charge in [0.05, 0.1) is 10.6 Å². The maximum atomic E-state index is 4.66. The van der Waals surface area contributed by atoms with Gasteiger partial charge in [0, 0.05) is 54.1 Å². The maximum Gasteiger partial charge on any atom is 0.159 e. The molecule has 1 fully saturated rings. The van der Waals surface area contributed by atoms with E-state index < -0.39 is 0 Å². The Morgan fingerprint density at radius 2 is 1.68 bits per heavy atom. The molecule has 28 heavy (non-hydrogen) atoms. The standard InChI is InChI=1S/C22H21N5S/c1-26-10-12-27(13-11-26)22-18-7-3-2-6-17(18)21(24-25-22)20-14-16(15-28-20)19-8-4-5-9-23-19/h2-9,14-15H,10-13H2,1H3. The van der Waals surface area contributed by atoms with Gasteiger partial charge in [-0.05, 0) is 25.2 Å². The van der Waals surface area contributed by atoms with Crippen molar-refractivity contribution in [3.63, 3.8) is 0 Å². The number of nitrogens with zero attached hydrogens (tertiary/aromatic N) is 5. The lowest BCUT2D eigenvalue weighted by Crippen LogP contribution is -2.45. The Hall–Kier alpha value is -2.83. The van der Waals surface area contributed by atoms with Crippen molar-refractivity contribution >= 4 is 27.9 Å². The van der Waals surface area contributed by atoms with Gasteiger partial charge in [-0.1, -0.05) is 30.3 Å². The molecule has 0 unspecified atom stereocenters. The smallest absolute Gasteiger partial charge is 0.159 e. The second-order valence-electron chi connectivity index (χ2n) is 7.12. The van der Waals surface area contributed by atoms with E-state index in [2.05, 4.69) is 67.7 Å². The summed E-state index contributed by atoms with van der Waals surface area (Å²) in [6.45, 7) is 4.07. The van der Waals surface area contributed by atoms with Gasteiger partial charge in [0.25, 0.3) is 0 Å². The van der Waals surface area contributed by atoms with Crippen molar-refractivity contribution in [1.29, 1.82) is 0 Å². The number of hydrogen-bond acceptors (Lipinski definition) is 6. The van der Waals surface area contributed by atoms with Crippen molar-refractivity contribution in [3.8, 4) is 21.8 Å². The lowest BCUT2D eigenvalue weighted by Gasteiger charge is -2.33. The SMILES string of the molecule is CN1CCN(c2nnc(-c3cc(-c4ccccn4)cs3)c3ccccc23)CC1. The fourth-order valence-corrected chi connectivity index (χ4v) is 4.55. The zero-order chi connectivity index (χ0) is 18.9. The minimum atomic E-state index is 0.945. The summed E-state index contributed by atoms with van der Waals surface area (Å²) in [5.74, 6) is 0.994. The van der Waals surface area contributed by atoms with Crippen molar-refractivity contribution in [2.24, 2.45) is 0 Å². The minimum absolute atomic E-state index is 0.945.